The Morgan fingerprint density at radius 2 is 2.17 bits per heavy atom. The van der Waals surface area contributed by atoms with Gasteiger partial charge in [-0.2, -0.15) is 0 Å². The second-order valence-electron chi connectivity index (χ2n) is 6.91. The van der Waals surface area contributed by atoms with E-state index in [9.17, 15) is 4.79 Å². The van der Waals surface area contributed by atoms with Crippen LogP contribution in [-0.4, -0.2) is 35.5 Å². The van der Waals surface area contributed by atoms with Crippen molar-refractivity contribution in [3.63, 3.8) is 0 Å². The van der Waals surface area contributed by atoms with Gasteiger partial charge >= 0.3 is 6.03 Å². The number of amides is 2. The summed E-state index contributed by atoms with van der Waals surface area (Å²) in [6.45, 7) is 2.93. The minimum absolute atomic E-state index is 0.0472. The van der Waals surface area contributed by atoms with Crippen LogP contribution >= 0.6 is 11.3 Å². The van der Waals surface area contributed by atoms with E-state index >= 15 is 0 Å². The van der Waals surface area contributed by atoms with Crippen LogP contribution in [0, 0.1) is 0 Å². The molecule has 152 valence electrons. The van der Waals surface area contributed by atoms with E-state index in [1.165, 1.54) is 24.2 Å². The Hall–Kier alpha value is -2.84. The summed E-state index contributed by atoms with van der Waals surface area (Å²) in [7, 11) is 0. The molecule has 2 aromatic heterocycles. The molecule has 1 fully saturated rings. The third-order valence-electron chi connectivity index (χ3n) is 4.87. The van der Waals surface area contributed by atoms with E-state index in [-0.39, 0.29) is 12.1 Å². The summed E-state index contributed by atoms with van der Waals surface area (Å²) in [5.74, 6) is 1.56. The lowest BCUT2D eigenvalue weighted by Gasteiger charge is -2.26. The fraction of sp³-hybridized carbons (Fsp3) is 0.333. The molecule has 1 aromatic carbocycles. The van der Waals surface area contributed by atoms with Gasteiger partial charge in [0.1, 0.15) is 18.1 Å². The fourth-order valence-corrected chi connectivity index (χ4v) is 3.98. The van der Waals surface area contributed by atoms with E-state index in [0.717, 1.165) is 24.5 Å². The van der Waals surface area contributed by atoms with Crippen molar-refractivity contribution in [1.29, 1.82) is 0 Å². The molecule has 8 heteroatoms. The van der Waals surface area contributed by atoms with Crippen LogP contribution in [0.1, 0.15) is 30.3 Å². The molecule has 1 aliphatic heterocycles. The molecule has 3 heterocycles. The monoisotopic (exact) mass is 412 g/mol. The largest absolute Gasteiger partial charge is 0.487 e. The molecule has 0 saturated carbocycles. The zero-order valence-corrected chi connectivity index (χ0v) is 16.9. The molecular weight excluding hydrogens is 388 g/mol. The standard InChI is InChI=1S/C21H24N4O3S/c26-21(22-12-19(20-7-4-10-27-20)25-8-1-2-9-25)24-16-5-3-6-18(11-16)28-13-17-14-29-15-23-17/h3-7,10-11,14-15,19H,1-2,8-9,12-13H2,(H2,22,24,26). The summed E-state index contributed by atoms with van der Waals surface area (Å²) < 4.78 is 11.3. The number of carbonyl (C=O) groups is 1. The number of rotatable bonds is 8. The first kappa shape index (κ1) is 19.5. The van der Waals surface area contributed by atoms with Crippen molar-refractivity contribution in [1.82, 2.24) is 15.2 Å². The minimum Gasteiger partial charge on any atom is -0.487 e. The van der Waals surface area contributed by atoms with E-state index in [4.69, 9.17) is 9.15 Å². The summed E-state index contributed by atoms with van der Waals surface area (Å²) in [5, 5.41) is 7.79. The summed E-state index contributed by atoms with van der Waals surface area (Å²) >= 11 is 1.54. The van der Waals surface area contributed by atoms with Crippen molar-refractivity contribution in [3.8, 4) is 5.75 Å². The average Bonchev–Trinajstić information content (AvgIpc) is 3.50. The first-order valence-corrected chi connectivity index (χ1v) is 10.6. The van der Waals surface area contributed by atoms with Crippen molar-refractivity contribution >= 4 is 23.1 Å². The second kappa shape index (κ2) is 9.58. The maximum atomic E-state index is 12.4. The highest BCUT2D eigenvalue weighted by Crippen LogP contribution is 2.25. The smallest absolute Gasteiger partial charge is 0.319 e. The molecule has 2 amide bonds. The maximum Gasteiger partial charge on any atom is 0.319 e. The number of carbonyl (C=O) groups excluding carboxylic acids is 1. The third-order valence-corrected chi connectivity index (χ3v) is 5.51. The molecule has 0 radical (unpaired) electrons. The molecule has 4 rings (SSSR count). The molecule has 29 heavy (non-hydrogen) atoms. The SMILES string of the molecule is O=C(NCC(c1ccco1)N1CCCC1)Nc1cccc(OCc2cscn2)c1. The number of hydrogen-bond donors (Lipinski definition) is 2. The van der Waals surface area contributed by atoms with Gasteiger partial charge in [0.15, 0.2) is 0 Å². The lowest BCUT2D eigenvalue weighted by atomic mass is 10.2. The zero-order valence-electron chi connectivity index (χ0n) is 16.0. The van der Waals surface area contributed by atoms with Gasteiger partial charge in [0.05, 0.1) is 23.5 Å². The Bertz CT molecular complexity index is 893. The van der Waals surface area contributed by atoms with Crippen LogP contribution in [-0.2, 0) is 6.61 Å². The maximum absolute atomic E-state index is 12.4. The number of likely N-dealkylation sites (tertiary alicyclic amines) is 1. The molecule has 1 aliphatic rings. The summed E-state index contributed by atoms with van der Waals surface area (Å²) in [6.07, 6.45) is 4.03. The number of aromatic nitrogens is 1. The quantitative estimate of drug-likeness (QED) is 0.577. The molecule has 7 nitrogen and oxygen atoms in total. The van der Waals surface area contributed by atoms with Crippen LogP contribution in [0.4, 0.5) is 10.5 Å². The Labute approximate surface area is 173 Å². The van der Waals surface area contributed by atoms with Gasteiger partial charge in [0, 0.05) is 23.7 Å². The topological polar surface area (TPSA) is 79.6 Å². The van der Waals surface area contributed by atoms with Crippen molar-refractivity contribution in [2.75, 3.05) is 25.0 Å². The Kier molecular flexibility index (Phi) is 6.43. The van der Waals surface area contributed by atoms with Crippen LogP contribution in [0.25, 0.3) is 0 Å². The van der Waals surface area contributed by atoms with Gasteiger partial charge in [-0.05, 0) is 50.2 Å². The molecule has 1 saturated heterocycles. The van der Waals surface area contributed by atoms with Crippen LogP contribution in [0.3, 0.4) is 0 Å². The predicted octanol–water partition coefficient (Wildman–Crippen LogP) is 4.27. The summed E-state index contributed by atoms with van der Waals surface area (Å²) in [6, 6.07) is 11.0. The fourth-order valence-electron chi connectivity index (χ4n) is 3.44. The highest BCUT2D eigenvalue weighted by atomic mass is 32.1. The molecule has 0 spiro atoms. The number of ether oxygens (including phenoxy) is 1. The van der Waals surface area contributed by atoms with Gasteiger partial charge in [-0.15, -0.1) is 11.3 Å². The van der Waals surface area contributed by atoms with E-state index < -0.39 is 0 Å². The Balaban J connectivity index is 1.31. The number of urea groups is 1. The van der Waals surface area contributed by atoms with Crippen LogP contribution in [0.5, 0.6) is 5.75 Å². The number of furan rings is 1. The number of benzene rings is 1. The van der Waals surface area contributed by atoms with Crippen LogP contribution in [0.2, 0.25) is 0 Å². The van der Waals surface area contributed by atoms with Crippen molar-refractivity contribution in [2.45, 2.75) is 25.5 Å². The minimum atomic E-state index is -0.252. The molecule has 1 atom stereocenters. The lowest BCUT2D eigenvalue weighted by Crippen LogP contribution is -2.38. The number of nitrogens with zero attached hydrogens (tertiary/aromatic N) is 2. The van der Waals surface area contributed by atoms with E-state index in [1.807, 2.05) is 35.7 Å². The highest BCUT2D eigenvalue weighted by molar-refractivity contribution is 7.07. The Morgan fingerprint density at radius 1 is 1.28 bits per heavy atom. The van der Waals surface area contributed by atoms with Gasteiger partial charge < -0.3 is 19.8 Å². The lowest BCUT2D eigenvalue weighted by molar-refractivity contribution is 0.207. The van der Waals surface area contributed by atoms with E-state index in [1.54, 1.807) is 17.8 Å². The van der Waals surface area contributed by atoms with Gasteiger partial charge in [0.25, 0.3) is 0 Å². The Morgan fingerprint density at radius 3 is 2.93 bits per heavy atom. The number of anilines is 1. The third kappa shape index (κ3) is 5.36. The average molecular weight is 413 g/mol. The normalized spacial score (nSPS) is 15.2. The molecule has 2 N–H and O–H groups in total. The summed E-state index contributed by atoms with van der Waals surface area (Å²) in [4.78, 5) is 19.0. The first-order valence-electron chi connectivity index (χ1n) is 9.70. The van der Waals surface area contributed by atoms with E-state index in [2.05, 4.69) is 20.5 Å². The zero-order chi connectivity index (χ0) is 19.9. The second-order valence-corrected chi connectivity index (χ2v) is 7.62. The molecule has 0 bridgehead atoms. The molecule has 1 unspecified atom stereocenters. The van der Waals surface area contributed by atoms with Gasteiger partial charge in [0.2, 0.25) is 0 Å². The van der Waals surface area contributed by atoms with Gasteiger partial charge in [-0.1, -0.05) is 6.07 Å². The van der Waals surface area contributed by atoms with Gasteiger partial charge in [-0.3, -0.25) is 4.90 Å². The molecule has 3 aromatic rings. The van der Waals surface area contributed by atoms with Crippen molar-refractivity contribution < 1.29 is 13.9 Å². The highest BCUT2D eigenvalue weighted by Gasteiger charge is 2.25. The molecular formula is C21H24N4O3S. The van der Waals surface area contributed by atoms with Crippen LogP contribution < -0.4 is 15.4 Å². The number of thiazole rings is 1. The van der Waals surface area contributed by atoms with E-state index in [0.29, 0.717) is 24.6 Å². The number of hydrogen-bond acceptors (Lipinski definition) is 6. The van der Waals surface area contributed by atoms with Crippen molar-refractivity contribution in [3.05, 3.63) is 65.0 Å². The number of nitrogens with one attached hydrogen (secondary N) is 2. The van der Waals surface area contributed by atoms with Crippen LogP contribution in [0.15, 0.2) is 58.0 Å². The van der Waals surface area contributed by atoms with Crippen molar-refractivity contribution in [2.24, 2.45) is 0 Å². The molecule has 0 aliphatic carbocycles. The predicted molar refractivity (Wildman–Crippen MR) is 112 cm³/mol. The first-order chi connectivity index (χ1) is 14.3. The van der Waals surface area contributed by atoms with Gasteiger partial charge in [-0.25, -0.2) is 9.78 Å². The summed E-state index contributed by atoms with van der Waals surface area (Å²) in [5.41, 5.74) is 3.34.